The van der Waals surface area contributed by atoms with Gasteiger partial charge in [-0.2, -0.15) is 0 Å². The number of nitrogens with one attached hydrogen (secondary N) is 1. The minimum Gasteiger partial charge on any atom is -0.352 e. The van der Waals surface area contributed by atoms with Gasteiger partial charge in [0.05, 0.1) is 6.04 Å². The lowest BCUT2D eigenvalue weighted by molar-refractivity contribution is -0.135. The molecule has 162 valence electrons. The summed E-state index contributed by atoms with van der Waals surface area (Å²) in [6.45, 7) is 12.6. The number of rotatable bonds is 4. The van der Waals surface area contributed by atoms with Crippen LogP contribution in [0.2, 0.25) is 0 Å². The van der Waals surface area contributed by atoms with Crippen molar-refractivity contribution in [3.63, 3.8) is 0 Å². The summed E-state index contributed by atoms with van der Waals surface area (Å²) in [5.74, 6) is 1.24. The second-order valence-electron chi connectivity index (χ2n) is 8.06. The molecule has 0 saturated carbocycles. The van der Waals surface area contributed by atoms with Gasteiger partial charge < -0.3 is 15.1 Å². The second-order valence-corrected chi connectivity index (χ2v) is 8.06. The van der Waals surface area contributed by atoms with Gasteiger partial charge in [0.25, 0.3) is 0 Å². The van der Waals surface area contributed by atoms with E-state index in [2.05, 4.69) is 59.1 Å². The van der Waals surface area contributed by atoms with Gasteiger partial charge in [0.1, 0.15) is 0 Å². The lowest BCUT2D eigenvalue weighted by atomic mass is 10.1. The molecule has 1 amide bonds. The van der Waals surface area contributed by atoms with Crippen LogP contribution in [0.25, 0.3) is 0 Å². The van der Waals surface area contributed by atoms with Gasteiger partial charge in [-0.1, -0.05) is 23.8 Å². The Kier molecular flexibility index (Phi) is 9.20. The zero-order chi connectivity index (χ0) is 20.1. The Balaban J connectivity index is 0.00000300. The molecule has 1 aromatic carbocycles. The summed E-state index contributed by atoms with van der Waals surface area (Å²) in [6.07, 6.45) is 2.30. The van der Waals surface area contributed by atoms with Crippen LogP contribution in [0.5, 0.6) is 0 Å². The summed E-state index contributed by atoms with van der Waals surface area (Å²) in [7, 11) is 1.84. The number of guanidine groups is 1. The van der Waals surface area contributed by atoms with E-state index in [0.717, 1.165) is 64.6 Å². The minimum atomic E-state index is -0.0227. The number of halogens is 1. The highest BCUT2D eigenvalue weighted by Crippen LogP contribution is 2.14. The smallest absolute Gasteiger partial charge is 0.239 e. The van der Waals surface area contributed by atoms with E-state index < -0.39 is 0 Å². The molecule has 0 radical (unpaired) electrons. The molecule has 3 rings (SSSR count). The molecule has 6 nitrogen and oxygen atoms in total. The average molecular weight is 513 g/mol. The summed E-state index contributed by atoms with van der Waals surface area (Å²) >= 11 is 0. The molecule has 0 aliphatic carbocycles. The average Bonchev–Trinajstić information content (AvgIpc) is 3.24. The Bertz CT molecular complexity index is 709. The van der Waals surface area contributed by atoms with Crippen molar-refractivity contribution in [3.05, 3.63) is 34.9 Å². The SMILES string of the molecule is CN=C(NCc1ccc(C)cc1C)N1CCN(C(C)C(=O)N2CCCC2)CC1.I. The quantitative estimate of drug-likeness (QED) is 0.382. The van der Waals surface area contributed by atoms with Gasteiger partial charge >= 0.3 is 0 Å². The van der Waals surface area contributed by atoms with Gasteiger partial charge in [-0.05, 0) is 44.7 Å². The predicted molar refractivity (Wildman–Crippen MR) is 130 cm³/mol. The molecule has 1 atom stereocenters. The number of carbonyl (C=O) groups excluding carboxylic acids is 1. The van der Waals surface area contributed by atoms with Crippen molar-refractivity contribution >= 4 is 35.8 Å². The highest BCUT2D eigenvalue weighted by atomic mass is 127. The molecule has 1 aromatic rings. The molecule has 2 aliphatic heterocycles. The van der Waals surface area contributed by atoms with E-state index in [0.29, 0.717) is 5.91 Å². The standard InChI is InChI=1S/C22H35N5O.HI/c1-17-7-8-20(18(2)15-17)16-24-22(23-4)27-13-11-25(12-14-27)19(3)21(28)26-9-5-6-10-26;/h7-8,15,19H,5-6,9-14,16H2,1-4H3,(H,23,24);1H. The Morgan fingerprint density at radius 3 is 2.31 bits per heavy atom. The van der Waals surface area contributed by atoms with Gasteiger partial charge in [-0.15, -0.1) is 24.0 Å². The third-order valence-electron chi connectivity index (χ3n) is 6.08. The molecule has 0 aromatic heterocycles. The van der Waals surface area contributed by atoms with Crippen molar-refractivity contribution in [2.24, 2.45) is 4.99 Å². The van der Waals surface area contributed by atoms with Crippen LogP contribution < -0.4 is 5.32 Å². The molecule has 0 bridgehead atoms. The second kappa shape index (κ2) is 11.2. The number of aliphatic imine (C=N–C) groups is 1. The molecule has 1 N–H and O–H groups in total. The van der Waals surface area contributed by atoms with Crippen LogP contribution in [0.3, 0.4) is 0 Å². The number of aryl methyl sites for hydroxylation is 2. The first-order valence-electron chi connectivity index (χ1n) is 10.5. The maximum Gasteiger partial charge on any atom is 0.239 e. The molecule has 29 heavy (non-hydrogen) atoms. The molecule has 2 saturated heterocycles. The number of hydrogen-bond acceptors (Lipinski definition) is 3. The van der Waals surface area contributed by atoms with Crippen LogP contribution in [0, 0.1) is 13.8 Å². The van der Waals surface area contributed by atoms with Crippen LogP contribution >= 0.6 is 24.0 Å². The maximum atomic E-state index is 12.7. The van der Waals surface area contributed by atoms with Crippen LogP contribution in [-0.4, -0.2) is 78.9 Å². The lowest BCUT2D eigenvalue weighted by Crippen LogP contribution is -2.57. The number of hydrogen-bond donors (Lipinski definition) is 1. The number of benzene rings is 1. The number of amides is 1. The van der Waals surface area contributed by atoms with E-state index in [1.165, 1.54) is 16.7 Å². The number of carbonyl (C=O) groups is 1. The third-order valence-corrected chi connectivity index (χ3v) is 6.08. The fourth-order valence-corrected chi connectivity index (χ4v) is 4.23. The highest BCUT2D eigenvalue weighted by Gasteiger charge is 2.30. The van der Waals surface area contributed by atoms with Crippen molar-refractivity contribution in [2.75, 3.05) is 46.3 Å². The first-order chi connectivity index (χ1) is 13.5. The number of likely N-dealkylation sites (tertiary alicyclic amines) is 1. The monoisotopic (exact) mass is 513 g/mol. The summed E-state index contributed by atoms with van der Waals surface area (Å²) in [6, 6.07) is 6.54. The van der Waals surface area contributed by atoms with E-state index in [9.17, 15) is 4.79 Å². The van der Waals surface area contributed by atoms with E-state index in [-0.39, 0.29) is 30.0 Å². The van der Waals surface area contributed by atoms with Gasteiger partial charge in [0.2, 0.25) is 5.91 Å². The van der Waals surface area contributed by atoms with Crippen LogP contribution in [0.4, 0.5) is 0 Å². The minimum absolute atomic E-state index is 0. The van der Waals surface area contributed by atoms with Crippen molar-refractivity contribution in [1.82, 2.24) is 20.0 Å². The Morgan fingerprint density at radius 2 is 1.72 bits per heavy atom. The van der Waals surface area contributed by atoms with Crippen molar-refractivity contribution < 1.29 is 4.79 Å². The molecular weight excluding hydrogens is 477 g/mol. The van der Waals surface area contributed by atoms with Crippen LogP contribution in [0.15, 0.2) is 23.2 Å². The van der Waals surface area contributed by atoms with E-state index >= 15 is 0 Å². The topological polar surface area (TPSA) is 51.2 Å². The Labute approximate surface area is 192 Å². The summed E-state index contributed by atoms with van der Waals surface area (Å²) in [4.78, 5) is 23.8. The highest BCUT2D eigenvalue weighted by molar-refractivity contribution is 14.0. The summed E-state index contributed by atoms with van der Waals surface area (Å²) in [5.41, 5.74) is 3.90. The maximum absolute atomic E-state index is 12.7. The Hall–Kier alpha value is -1.35. The van der Waals surface area contributed by atoms with Crippen molar-refractivity contribution in [1.29, 1.82) is 0 Å². The van der Waals surface area contributed by atoms with Crippen molar-refractivity contribution in [3.8, 4) is 0 Å². The fourth-order valence-electron chi connectivity index (χ4n) is 4.23. The van der Waals surface area contributed by atoms with Gasteiger partial charge in [0.15, 0.2) is 5.96 Å². The molecule has 0 spiro atoms. The van der Waals surface area contributed by atoms with E-state index in [1.807, 2.05) is 11.9 Å². The summed E-state index contributed by atoms with van der Waals surface area (Å²) in [5, 5.41) is 3.51. The first-order valence-corrected chi connectivity index (χ1v) is 10.5. The zero-order valence-electron chi connectivity index (χ0n) is 18.3. The largest absolute Gasteiger partial charge is 0.352 e. The predicted octanol–water partition coefficient (Wildman–Crippen LogP) is 2.63. The molecular formula is C22H36IN5O. The third kappa shape index (κ3) is 6.07. The van der Waals surface area contributed by atoms with Crippen molar-refractivity contribution in [2.45, 2.75) is 46.2 Å². The molecule has 2 fully saturated rings. The Morgan fingerprint density at radius 1 is 1.07 bits per heavy atom. The zero-order valence-corrected chi connectivity index (χ0v) is 20.6. The number of nitrogens with zero attached hydrogens (tertiary/aromatic N) is 4. The normalized spacial score (nSPS) is 19.1. The molecule has 2 aliphatic rings. The van der Waals surface area contributed by atoms with Gasteiger partial charge in [-0.25, -0.2) is 0 Å². The van der Waals surface area contributed by atoms with Gasteiger partial charge in [0, 0.05) is 52.9 Å². The summed E-state index contributed by atoms with van der Waals surface area (Å²) < 4.78 is 0. The molecule has 1 unspecified atom stereocenters. The van der Waals surface area contributed by atoms with Crippen LogP contribution in [0.1, 0.15) is 36.5 Å². The van der Waals surface area contributed by atoms with Gasteiger partial charge in [-0.3, -0.25) is 14.7 Å². The van der Waals surface area contributed by atoms with Crippen LogP contribution in [-0.2, 0) is 11.3 Å². The number of piperazine rings is 1. The van der Waals surface area contributed by atoms with E-state index in [4.69, 9.17) is 0 Å². The van der Waals surface area contributed by atoms with E-state index in [1.54, 1.807) is 0 Å². The molecule has 7 heteroatoms. The first kappa shape index (κ1) is 23.9. The fraction of sp³-hybridized carbons (Fsp3) is 0.636. The molecule has 2 heterocycles. The lowest BCUT2D eigenvalue weighted by Gasteiger charge is -2.39.